The molecule has 0 spiro atoms. The number of imidazole rings is 1. The van der Waals surface area contributed by atoms with Crippen molar-refractivity contribution in [3.05, 3.63) is 42.5 Å². The van der Waals surface area contributed by atoms with Crippen LogP contribution in [0.15, 0.2) is 41.9 Å². The van der Waals surface area contributed by atoms with Crippen molar-refractivity contribution in [2.24, 2.45) is 5.92 Å². The molecule has 0 bridgehead atoms. The molecule has 0 N–H and O–H groups in total. The van der Waals surface area contributed by atoms with Crippen LogP contribution in [0.1, 0.15) is 38.2 Å². The second-order valence-electron chi connectivity index (χ2n) is 9.09. The molecule has 1 saturated heterocycles. The van der Waals surface area contributed by atoms with E-state index >= 15 is 0 Å². The number of hydrogen-bond acceptors (Lipinski definition) is 10. The molecule has 1 aliphatic heterocycles. The van der Waals surface area contributed by atoms with Crippen LogP contribution in [0.3, 0.4) is 0 Å². The van der Waals surface area contributed by atoms with Gasteiger partial charge in [0.15, 0.2) is 14.9 Å². The van der Waals surface area contributed by atoms with Crippen molar-refractivity contribution in [3.63, 3.8) is 0 Å². The van der Waals surface area contributed by atoms with Gasteiger partial charge in [-0.3, -0.25) is 0 Å². The van der Waals surface area contributed by atoms with E-state index in [1.54, 1.807) is 16.8 Å². The van der Waals surface area contributed by atoms with E-state index in [-0.39, 0.29) is 5.03 Å². The molecule has 0 saturated carbocycles. The van der Waals surface area contributed by atoms with Crippen molar-refractivity contribution < 1.29 is 13.2 Å². The Bertz CT molecular complexity index is 1380. The number of ether oxygens (including phenoxy) is 1. The van der Waals surface area contributed by atoms with Crippen molar-refractivity contribution in [2.75, 3.05) is 30.9 Å². The van der Waals surface area contributed by atoms with Gasteiger partial charge in [0.1, 0.15) is 0 Å². The lowest BCUT2D eigenvalue weighted by atomic mass is 9.94. The third-order valence-electron chi connectivity index (χ3n) is 6.32. The predicted molar refractivity (Wildman–Crippen MR) is 138 cm³/mol. The van der Waals surface area contributed by atoms with E-state index in [0.717, 1.165) is 63.0 Å². The predicted octanol–water partition coefficient (Wildman–Crippen LogP) is 3.68. The van der Waals surface area contributed by atoms with E-state index in [1.165, 1.54) is 29.2 Å². The molecule has 0 atom stereocenters. The van der Waals surface area contributed by atoms with E-state index in [9.17, 15) is 8.42 Å². The fraction of sp³-hybridized carbons (Fsp3) is 0.458. The zero-order valence-electron chi connectivity index (χ0n) is 20.4. The first-order valence-corrected chi connectivity index (χ1v) is 14.8. The molecule has 0 aliphatic carbocycles. The second kappa shape index (κ2) is 10.5. The third-order valence-corrected chi connectivity index (χ3v) is 8.15. The van der Waals surface area contributed by atoms with Gasteiger partial charge in [0.25, 0.3) is 5.19 Å². The van der Waals surface area contributed by atoms with Crippen LogP contribution in [0.4, 0.5) is 5.95 Å². The van der Waals surface area contributed by atoms with Crippen LogP contribution >= 0.6 is 11.3 Å². The minimum atomic E-state index is -3.33. The van der Waals surface area contributed by atoms with Crippen LogP contribution < -0.4 is 9.64 Å². The summed E-state index contributed by atoms with van der Waals surface area (Å²) >= 11 is 1.39. The normalized spacial score (nSPS) is 15.0. The monoisotopic (exact) mass is 527 g/mol. The molecule has 0 unspecified atom stereocenters. The minimum absolute atomic E-state index is 0.0427. The summed E-state index contributed by atoms with van der Waals surface area (Å²) in [6, 6.07) is 3.19. The van der Waals surface area contributed by atoms with Crippen molar-refractivity contribution in [1.82, 2.24) is 29.5 Å². The van der Waals surface area contributed by atoms with Crippen LogP contribution in [0.5, 0.6) is 5.19 Å². The summed E-state index contributed by atoms with van der Waals surface area (Å²) in [6.45, 7) is 4.71. The Balaban J connectivity index is 1.10. The van der Waals surface area contributed by atoms with Crippen LogP contribution in [0.25, 0.3) is 16.2 Å². The van der Waals surface area contributed by atoms with E-state index < -0.39 is 9.84 Å². The van der Waals surface area contributed by atoms with E-state index in [4.69, 9.17) is 4.74 Å². The molecule has 0 amide bonds. The summed E-state index contributed by atoms with van der Waals surface area (Å²) in [6.07, 6.45) is 13.6. The Hall–Kier alpha value is -3.12. The largest absolute Gasteiger partial charge is 0.469 e. The topological polar surface area (TPSA) is 115 Å². The van der Waals surface area contributed by atoms with Crippen LogP contribution in [-0.2, 0) is 16.3 Å². The van der Waals surface area contributed by atoms with Crippen LogP contribution in [0, 0.1) is 5.92 Å². The number of rotatable bonds is 9. The zero-order chi connectivity index (χ0) is 25.1. The van der Waals surface area contributed by atoms with E-state index in [2.05, 4.69) is 36.9 Å². The first-order valence-electron chi connectivity index (χ1n) is 12.1. The Morgan fingerprint density at radius 1 is 1.11 bits per heavy atom. The van der Waals surface area contributed by atoms with Gasteiger partial charge in [0.05, 0.1) is 18.5 Å². The summed E-state index contributed by atoms with van der Waals surface area (Å²) in [4.78, 5) is 20.7. The summed E-state index contributed by atoms with van der Waals surface area (Å²) < 4.78 is 30.8. The number of piperidine rings is 1. The smallest absolute Gasteiger partial charge is 0.294 e. The number of hydrogen-bond donors (Lipinski definition) is 0. The highest BCUT2D eigenvalue weighted by molar-refractivity contribution is 7.90. The second-order valence-corrected chi connectivity index (χ2v) is 12.0. The van der Waals surface area contributed by atoms with Crippen molar-refractivity contribution >= 4 is 32.1 Å². The van der Waals surface area contributed by atoms with Gasteiger partial charge < -0.3 is 9.64 Å². The maximum absolute atomic E-state index is 11.6. The van der Waals surface area contributed by atoms with Crippen LogP contribution in [0.2, 0.25) is 0 Å². The summed E-state index contributed by atoms with van der Waals surface area (Å²) in [7, 11) is -3.33. The average Bonchev–Trinajstić information content (AvgIpc) is 3.44. The molecule has 12 heteroatoms. The van der Waals surface area contributed by atoms with Gasteiger partial charge in [0.2, 0.25) is 10.9 Å². The highest BCUT2D eigenvalue weighted by Crippen LogP contribution is 2.27. The third kappa shape index (κ3) is 5.65. The number of nitrogens with zero attached hydrogens (tertiary/aromatic N) is 7. The van der Waals surface area contributed by atoms with Crippen molar-refractivity contribution in [3.8, 4) is 16.5 Å². The fourth-order valence-electron chi connectivity index (χ4n) is 4.29. The first-order chi connectivity index (χ1) is 17.4. The van der Waals surface area contributed by atoms with Gasteiger partial charge in [-0.1, -0.05) is 13.3 Å². The quantitative estimate of drug-likeness (QED) is 0.321. The van der Waals surface area contributed by atoms with Gasteiger partial charge in [-0.05, 0) is 60.6 Å². The van der Waals surface area contributed by atoms with Gasteiger partial charge in [0, 0.05) is 43.5 Å². The first kappa shape index (κ1) is 24.6. The molecule has 190 valence electrons. The maximum Gasteiger partial charge on any atom is 0.294 e. The van der Waals surface area contributed by atoms with E-state index in [0.29, 0.717) is 28.4 Å². The van der Waals surface area contributed by atoms with Gasteiger partial charge in [-0.25, -0.2) is 32.9 Å². The minimum Gasteiger partial charge on any atom is -0.469 e. The van der Waals surface area contributed by atoms with Crippen molar-refractivity contribution in [1.29, 1.82) is 0 Å². The number of pyridine rings is 1. The van der Waals surface area contributed by atoms with Crippen molar-refractivity contribution in [2.45, 2.75) is 44.1 Å². The molecule has 4 aromatic rings. The molecule has 0 radical (unpaired) electrons. The fourth-order valence-corrected chi connectivity index (χ4v) is 5.61. The number of aromatic nitrogens is 6. The van der Waals surface area contributed by atoms with Gasteiger partial charge in [-0.2, -0.15) is 0 Å². The molecule has 0 aromatic carbocycles. The standard InChI is InChI=1S/C24H29N7O3S2/c1-3-4-18-13-26-22(27-14-18)30-10-7-17(8-11-30)9-12-34-24-29-31-16-20(28-23(31)35-24)19-5-6-21(25-15-19)36(2,32)33/h5-6,13-17H,3-4,7-12H2,1-2H3. The molecule has 1 fully saturated rings. The number of anilines is 1. The Morgan fingerprint density at radius 2 is 1.89 bits per heavy atom. The van der Waals surface area contributed by atoms with Gasteiger partial charge in [-0.15, -0.1) is 5.10 Å². The zero-order valence-corrected chi connectivity index (χ0v) is 22.0. The molecular weight excluding hydrogens is 498 g/mol. The maximum atomic E-state index is 11.6. The molecule has 36 heavy (non-hydrogen) atoms. The highest BCUT2D eigenvalue weighted by Gasteiger charge is 2.21. The lowest BCUT2D eigenvalue weighted by molar-refractivity contribution is 0.255. The number of sulfone groups is 1. The molecule has 1 aliphatic rings. The molecule has 10 nitrogen and oxygen atoms in total. The number of fused-ring (bicyclic) bond motifs is 1. The Kier molecular flexibility index (Phi) is 7.15. The molecule has 4 aromatic heterocycles. The highest BCUT2D eigenvalue weighted by atomic mass is 32.2. The summed E-state index contributed by atoms with van der Waals surface area (Å²) in [5.41, 5.74) is 2.61. The lowest BCUT2D eigenvalue weighted by Crippen LogP contribution is -2.35. The molecular formula is C24H29N7O3S2. The molecule has 5 heterocycles. The van der Waals surface area contributed by atoms with Gasteiger partial charge >= 0.3 is 0 Å². The van der Waals surface area contributed by atoms with E-state index in [1.807, 2.05) is 12.4 Å². The summed E-state index contributed by atoms with van der Waals surface area (Å²) in [5.74, 6) is 1.44. The number of aryl methyl sites for hydroxylation is 1. The lowest BCUT2D eigenvalue weighted by Gasteiger charge is -2.31. The molecule has 5 rings (SSSR count). The average molecular weight is 528 g/mol. The Labute approximate surface area is 214 Å². The Morgan fingerprint density at radius 3 is 2.53 bits per heavy atom. The SMILES string of the molecule is CCCc1cnc(N2CCC(CCOc3nn4cc(-c5ccc(S(C)(=O)=O)nc5)nc4s3)CC2)nc1. The summed E-state index contributed by atoms with van der Waals surface area (Å²) in [5, 5.41) is 5.11. The van der Waals surface area contributed by atoms with Crippen LogP contribution in [-0.4, -0.2) is 63.9 Å².